The lowest BCUT2D eigenvalue weighted by molar-refractivity contribution is -0.384. The smallest absolute Gasteiger partial charge is 0.270 e. The molecule has 0 saturated carbocycles. The fourth-order valence-electron chi connectivity index (χ4n) is 2.47. The first kappa shape index (κ1) is 14.3. The second-order valence-electron chi connectivity index (χ2n) is 5.54. The normalized spacial score (nSPS) is 22.0. The van der Waals surface area contributed by atoms with E-state index in [1.807, 2.05) is 6.07 Å². The lowest BCUT2D eigenvalue weighted by atomic mass is 9.82. The Morgan fingerprint density at radius 3 is 3.00 bits per heavy atom. The lowest BCUT2D eigenvalue weighted by Crippen LogP contribution is -2.42. The number of nitro benzene ring substituents is 1. The molecule has 6 nitrogen and oxygen atoms in total. The zero-order valence-electron chi connectivity index (χ0n) is 11.5. The van der Waals surface area contributed by atoms with E-state index in [9.17, 15) is 10.1 Å². The number of nitrogens with zero attached hydrogens (tertiary/aromatic N) is 2. The molecular weight excluding hydrogens is 256 g/mol. The Kier molecular flexibility index (Phi) is 4.20. The highest BCUT2D eigenvalue weighted by Crippen LogP contribution is 2.27. The number of hydrogen-bond acceptors (Lipinski definition) is 5. The van der Waals surface area contributed by atoms with Gasteiger partial charge in [-0.05, 0) is 30.9 Å². The van der Waals surface area contributed by atoms with Crippen molar-refractivity contribution < 1.29 is 4.92 Å². The van der Waals surface area contributed by atoms with Gasteiger partial charge >= 0.3 is 0 Å². The molecule has 1 saturated heterocycles. The molecule has 1 aromatic rings. The van der Waals surface area contributed by atoms with Gasteiger partial charge in [0.2, 0.25) is 0 Å². The maximum absolute atomic E-state index is 10.7. The summed E-state index contributed by atoms with van der Waals surface area (Å²) in [6.45, 7) is 4.93. The summed E-state index contributed by atoms with van der Waals surface area (Å²) in [7, 11) is 0. The van der Waals surface area contributed by atoms with Crippen LogP contribution in [-0.2, 0) is 0 Å². The zero-order chi connectivity index (χ0) is 14.6. The number of anilines is 1. The lowest BCUT2D eigenvalue weighted by Gasteiger charge is -2.34. The molecule has 1 heterocycles. The number of non-ortho nitro benzene ring substituents is 1. The minimum absolute atomic E-state index is 0.0577. The first-order valence-corrected chi connectivity index (χ1v) is 6.67. The van der Waals surface area contributed by atoms with E-state index in [0.29, 0.717) is 11.3 Å². The minimum atomic E-state index is -0.489. The van der Waals surface area contributed by atoms with Crippen molar-refractivity contribution >= 4 is 11.4 Å². The van der Waals surface area contributed by atoms with E-state index in [0.717, 1.165) is 32.5 Å². The fraction of sp³-hybridized carbons (Fsp3) is 0.500. The highest BCUT2D eigenvalue weighted by molar-refractivity contribution is 5.61. The predicted octanol–water partition coefficient (Wildman–Crippen LogP) is 2.27. The average Bonchev–Trinajstić information content (AvgIpc) is 2.45. The molecule has 1 atom stereocenters. The summed E-state index contributed by atoms with van der Waals surface area (Å²) in [6, 6.07) is 6.35. The highest BCUT2D eigenvalue weighted by atomic mass is 16.6. The molecule has 1 fully saturated rings. The van der Waals surface area contributed by atoms with Gasteiger partial charge in [0, 0.05) is 25.2 Å². The summed E-state index contributed by atoms with van der Waals surface area (Å²) in [5.74, 6) is 0. The van der Waals surface area contributed by atoms with E-state index in [-0.39, 0.29) is 11.1 Å². The average molecular weight is 274 g/mol. The van der Waals surface area contributed by atoms with Crippen LogP contribution >= 0.6 is 0 Å². The standard InChI is InChI=1S/C14H18N4O2/c1-14(5-2-6-16-9-14)10-17-13-4-3-12(18(19)20)7-11(13)8-15/h3-4,7,16-17H,2,5-6,9-10H2,1H3. The molecule has 0 bridgehead atoms. The second-order valence-corrected chi connectivity index (χ2v) is 5.54. The van der Waals surface area contributed by atoms with Crippen LogP contribution < -0.4 is 10.6 Å². The first-order valence-electron chi connectivity index (χ1n) is 6.67. The number of nitrogens with one attached hydrogen (secondary N) is 2. The summed E-state index contributed by atoms with van der Waals surface area (Å²) in [6.07, 6.45) is 2.27. The maximum atomic E-state index is 10.7. The van der Waals surface area contributed by atoms with Gasteiger partial charge in [-0.1, -0.05) is 6.92 Å². The predicted molar refractivity (Wildman–Crippen MR) is 76.5 cm³/mol. The second kappa shape index (κ2) is 5.88. The van der Waals surface area contributed by atoms with Gasteiger partial charge in [0.1, 0.15) is 6.07 Å². The molecule has 0 aromatic heterocycles. The number of nitriles is 1. The Bertz CT molecular complexity index is 545. The zero-order valence-corrected chi connectivity index (χ0v) is 11.5. The van der Waals surface area contributed by atoms with Crippen molar-refractivity contribution in [1.29, 1.82) is 5.26 Å². The molecule has 1 aromatic carbocycles. The third kappa shape index (κ3) is 3.25. The molecule has 0 spiro atoms. The van der Waals surface area contributed by atoms with Crippen LogP contribution in [0.5, 0.6) is 0 Å². The summed E-state index contributed by atoms with van der Waals surface area (Å²) in [5.41, 5.74) is 1.06. The summed E-state index contributed by atoms with van der Waals surface area (Å²) >= 11 is 0. The highest BCUT2D eigenvalue weighted by Gasteiger charge is 2.26. The minimum Gasteiger partial charge on any atom is -0.383 e. The van der Waals surface area contributed by atoms with E-state index in [4.69, 9.17) is 5.26 Å². The van der Waals surface area contributed by atoms with E-state index in [1.165, 1.54) is 12.1 Å². The maximum Gasteiger partial charge on any atom is 0.270 e. The quantitative estimate of drug-likeness (QED) is 0.649. The first-order chi connectivity index (χ1) is 9.54. The number of nitro groups is 1. The van der Waals surface area contributed by atoms with Crippen LogP contribution in [0.15, 0.2) is 18.2 Å². The molecule has 0 aliphatic carbocycles. The van der Waals surface area contributed by atoms with Crippen LogP contribution in [0.25, 0.3) is 0 Å². The SMILES string of the molecule is CC1(CNc2ccc([N+](=O)[O-])cc2C#N)CCCNC1. The summed E-state index contributed by atoms with van der Waals surface area (Å²) < 4.78 is 0. The van der Waals surface area contributed by atoms with Crippen molar-refractivity contribution in [3.8, 4) is 6.07 Å². The number of benzene rings is 1. The van der Waals surface area contributed by atoms with Crippen molar-refractivity contribution in [1.82, 2.24) is 5.32 Å². The molecule has 1 aliphatic rings. The molecule has 1 unspecified atom stereocenters. The third-order valence-electron chi connectivity index (χ3n) is 3.73. The Morgan fingerprint density at radius 1 is 1.60 bits per heavy atom. The van der Waals surface area contributed by atoms with Crippen LogP contribution in [0, 0.1) is 26.9 Å². The van der Waals surface area contributed by atoms with Crippen molar-refractivity contribution in [2.24, 2.45) is 5.41 Å². The number of rotatable bonds is 4. The Hall–Kier alpha value is -2.13. The molecule has 0 amide bonds. The number of piperidine rings is 1. The van der Waals surface area contributed by atoms with E-state index in [2.05, 4.69) is 17.6 Å². The van der Waals surface area contributed by atoms with Crippen LogP contribution in [-0.4, -0.2) is 24.6 Å². The Labute approximate surface area is 117 Å². The van der Waals surface area contributed by atoms with Gasteiger partial charge in [-0.2, -0.15) is 5.26 Å². The third-order valence-corrected chi connectivity index (χ3v) is 3.73. The molecule has 1 aliphatic heterocycles. The van der Waals surface area contributed by atoms with Gasteiger partial charge < -0.3 is 10.6 Å². The summed E-state index contributed by atoms with van der Waals surface area (Å²) in [5, 5.41) is 26.4. The molecule has 106 valence electrons. The van der Waals surface area contributed by atoms with E-state index < -0.39 is 4.92 Å². The molecule has 0 radical (unpaired) electrons. The largest absolute Gasteiger partial charge is 0.383 e. The molecular formula is C14H18N4O2. The van der Waals surface area contributed by atoms with Gasteiger partial charge in [-0.25, -0.2) is 0 Å². The van der Waals surface area contributed by atoms with Crippen LogP contribution in [0.1, 0.15) is 25.3 Å². The molecule has 2 rings (SSSR count). The molecule has 6 heteroatoms. The van der Waals surface area contributed by atoms with Gasteiger partial charge in [-0.3, -0.25) is 10.1 Å². The Balaban J connectivity index is 2.09. The van der Waals surface area contributed by atoms with Crippen molar-refractivity contribution in [2.45, 2.75) is 19.8 Å². The monoisotopic (exact) mass is 274 g/mol. The van der Waals surface area contributed by atoms with Gasteiger partial charge in [-0.15, -0.1) is 0 Å². The Morgan fingerprint density at radius 2 is 2.40 bits per heavy atom. The van der Waals surface area contributed by atoms with Crippen molar-refractivity contribution in [3.63, 3.8) is 0 Å². The number of hydrogen-bond donors (Lipinski definition) is 2. The van der Waals surface area contributed by atoms with Gasteiger partial charge in [0.15, 0.2) is 0 Å². The van der Waals surface area contributed by atoms with Crippen LogP contribution in [0.4, 0.5) is 11.4 Å². The van der Waals surface area contributed by atoms with Crippen molar-refractivity contribution in [2.75, 3.05) is 25.0 Å². The fourth-order valence-corrected chi connectivity index (χ4v) is 2.47. The van der Waals surface area contributed by atoms with Crippen LogP contribution in [0.3, 0.4) is 0 Å². The van der Waals surface area contributed by atoms with E-state index >= 15 is 0 Å². The van der Waals surface area contributed by atoms with Crippen molar-refractivity contribution in [3.05, 3.63) is 33.9 Å². The summed E-state index contributed by atoms with van der Waals surface area (Å²) in [4.78, 5) is 10.2. The molecule has 20 heavy (non-hydrogen) atoms. The molecule has 2 N–H and O–H groups in total. The van der Waals surface area contributed by atoms with Gasteiger partial charge in [0.25, 0.3) is 5.69 Å². The van der Waals surface area contributed by atoms with Crippen LogP contribution in [0.2, 0.25) is 0 Å². The topological polar surface area (TPSA) is 91.0 Å². The van der Waals surface area contributed by atoms with E-state index in [1.54, 1.807) is 6.07 Å². The van der Waals surface area contributed by atoms with Gasteiger partial charge in [0.05, 0.1) is 16.2 Å².